The van der Waals surface area contributed by atoms with Crippen LogP contribution in [-0.4, -0.2) is 29.6 Å². The fourth-order valence-electron chi connectivity index (χ4n) is 1.28. The molecule has 0 aliphatic carbocycles. The second-order valence-electron chi connectivity index (χ2n) is 3.73. The van der Waals surface area contributed by atoms with Crippen molar-refractivity contribution in [3.05, 3.63) is 29.3 Å². The maximum atomic E-state index is 11.5. The predicted molar refractivity (Wildman–Crippen MR) is 69.4 cm³/mol. The Labute approximate surface area is 110 Å². The fourth-order valence-corrected chi connectivity index (χ4v) is 1.47. The third kappa shape index (κ3) is 4.35. The number of halogens is 1. The van der Waals surface area contributed by atoms with Gasteiger partial charge in [-0.15, -0.1) is 0 Å². The number of amides is 2. The van der Waals surface area contributed by atoms with Crippen LogP contribution in [0.3, 0.4) is 0 Å². The summed E-state index contributed by atoms with van der Waals surface area (Å²) in [6.45, 7) is 1.60. The van der Waals surface area contributed by atoms with Crippen molar-refractivity contribution < 1.29 is 14.7 Å². The molecule has 0 heterocycles. The summed E-state index contributed by atoms with van der Waals surface area (Å²) >= 11 is 5.75. The lowest BCUT2D eigenvalue weighted by atomic mass is 10.2. The second kappa shape index (κ2) is 6.98. The molecule has 0 aliphatic rings. The minimum absolute atomic E-state index is 0.202. The van der Waals surface area contributed by atoms with Crippen LogP contribution in [0.2, 0.25) is 5.02 Å². The van der Waals surface area contributed by atoms with Gasteiger partial charge in [-0.3, -0.25) is 9.59 Å². The number of hydrogen-bond acceptors (Lipinski definition) is 3. The Bertz CT molecular complexity index is 433. The molecule has 98 valence electrons. The summed E-state index contributed by atoms with van der Waals surface area (Å²) < 4.78 is 0. The van der Waals surface area contributed by atoms with Crippen molar-refractivity contribution in [2.45, 2.75) is 19.4 Å². The van der Waals surface area contributed by atoms with E-state index in [1.807, 2.05) is 0 Å². The summed E-state index contributed by atoms with van der Waals surface area (Å²) in [6, 6.07) is 6.08. The van der Waals surface area contributed by atoms with Crippen molar-refractivity contribution in [1.82, 2.24) is 5.32 Å². The maximum absolute atomic E-state index is 11.5. The largest absolute Gasteiger partial charge is 0.394 e. The number of aliphatic hydroxyl groups excluding tert-OH is 1. The van der Waals surface area contributed by atoms with Crippen LogP contribution >= 0.6 is 11.6 Å². The third-order valence-electron chi connectivity index (χ3n) is 2.34. The van der Waals surface area contributed by atoms with Crippen molar-refractivity contribution in [1.29, 1.82) is 0 Å². The molecule has 5 nitrogen and oxygen atoms in total. The van der Waals surface area contributed by atoms with Crippen LogP contribution in [0.25, 0.3) is 0 Å². The van der Waals surface area contributed by atoms with Gasteiger partial charge in [0.1, 0.15) is 0 Å². The van der Waals surface area contributed by atoms with Crippen LogP contribution in [0.1, 0.15) is 13.3 Å². The van der Waals surface area contributed by atoms with Crippen LogP contribution in [-0.2, 0) is 9.59 Å². The average Bonchev–Trinajstić information content (AvgIpc) is 2.35. The van der Waals surface area contributed by atoms with Crippen LogP contribution < -0.4 is 10.6 Å². The summed E-state index contributed by atoms with van der Waals surface area (Å²) in [6.07, 6.45) is 0.548. The molecule has 3 N–H and O–H groups in total. The highest BCUT2D eigenvalue weighted by molar-refractivity contribution is 6.40. The molecule has 1 rings (SSSR count). The average molecular weight is 271 g/mol. The van der Waals surface area contributed by atoms with Gasteiger partial charge < -0.3 is 15.7 Å². The van der Waals surface area contributed by atoms with E-state index in [1.54, 1.807) is 25.1 Å². The zero-order valence-corrected chi connectivity index (χ0v) is 10.7. The van der Waals surface area contributed by atoms with Crippen LogP contribution in [0, 0.1) is 0 Å². The minimum Gasteiger partial charge on any atom is -0.394 e. The van der Waals surface area contributed by atoms with E-state index in [-0.39, 0.29) is 6.61 Å². The zero-order chi connectivity index (χ0) is 13.5. The number of carbonyl (C=O) groups is 2. The van der Waals surface area contributed by atoms with Gasteiger partial charge in [-0.2, -0.15) is 0 Å². The molecule has 2 amide bonds. The highest BCUT2D eigenvalue weighted by Crippen LogP contribution is 2.14. The van der Waals surface area contributed by atoms with E-state index in [0.717, 1.165) is 0 Å². The van der Waals surface area contributed by atoms with Crippen molar-refractivity contribution >= 4 is 29.1 Å². The first-order chi connectivity index (χ1) is 8.56. The lowest BCUT2D eigenvalue weighted by Gasteiger charge is -2.13. The van der Waals surface area contributed by atoms with E-state index in [4.69, 9.17) is 16.7 Å². The zero-order valence-electron chi connectivity index (χ0n) is 9.94. The van der Waals surface area contributed by atoms with Gasteiger partial charge in [0, 0.05) is 10.7 Å². The Hall–Kier alpha value is -1.59. The van der Waals surface area contributed by atoms with Gasteiger partial charge in [-0.1, -0.05) is 24.6 Å². The Morgan fingerprint density at radius 3 is 2.67 bits per heavy atom. The Balaban J connectivity index is 2.57. The molecule has 1 aromatic carbocycles. The molecule has 1 atom stereocenters. The van der Waals surface area contributed by atoms with Crippen LogP contribution in [0.5, 0.6) is 0 Å². The normalized spacial score (nSPS) is 11.7. The third-order valence-corrected chi connectivity index (χ3v) is 2.57. The molecule has 1 aromatic rings. The number of benzene rings is 1. The summed E-state index contributed by atoms with van der Waals surface area (Å²) in [5.41, 5.74) is 0.444. The number of nitrogens with one attached hydrogen (secondary N) is 2. The maximum Gasteiger partial charge on any atom is 0.313 e. The molecule has 6 heteroatoms. The van der Waals surface area contributed by atoms with E-state index in [0.29, 0.717) is 17.1 Å². The van der Waals surface area contributed by atoms with Gasteiger partial charge in [0.05, 0.1) is 12.6 Å². The van der Waals surface area contributed by atoms with E-state index in [2.05, 4.69) is 10.6 Å². The molecule has 0 radical (unpaired) electrons. The molecule has 0 aliphatic heterocycles. The quantitative estimate of drug-likeness (QED) is 0.719. The molecule has 18 heavy (non-hydrogen) atoms. The van der Waals surface area contributed by atoms with Gasteiger partial charge in [0.25, 0.3) is 0 Å². The lowest BCUT2D eigenvalue weighted by molar-refractivity contribution is -0.136. The molecule has 1 unspecified atom stereocenters. The van der Waals surface area contributed by atoms with Crippen LogP contribution in [0.15, 0.2) is 24.3 Å². The molecule has 0 fully saturated rings. The number of rotatable bonds is 4. The molecule has 0 bridgehead atoms. The number of carbonyl (C=O) groups excluding carboxylic acids is 2. The van der Waals surface area contributed by atoms with Gasteiger partial charge >= 0.3 is 11.8 Å². The first kappa shape index (κ1) is 14.5. The summed E-state index contributed by atoms with van der Waals surface area (Å²) in [5, 5.41) is 14.2. The Kier molecular flexibility index (Phi) is 5.61. The van der Waals surface area contributed by atoms with Crippen molar-refractivity contribution in [3.8, 4) is 0 Å². The van der Waals surface area contributed by atoms with E-state index >= 15 is 0 Å². The Morgan fingerprint density at radius 1 is 1.39 bits per heavy atom. The number of aliphatic hydroxyl groups is 1. The van der Waals surface area contributed by atoms with Crippen molar-refractivity contribution in [3.63, 3.8) is 0 Å². The van der Waals surface area contributed by atoms with E-state index < -0.39 is 17.9 Å². The first-order valence-electron chi connectivity index (χ1n) is 5.55. The van der Waals surface area contributed by atoms with Gasteiger partial charge in [0.2, 0.25) is 0 Å². The van der Waals surface area contributed by atoms with Gasteiger partial charge in [-0.05, 0) is 24.6 Å². The number of hydrogen-bond donors (Lipinski definition) is 3. The number of anilines is 1. The predicted octanol–water partition coefficient (Wildman–Crippen LogP) is 1.17. The van der Waals surface area contributed by atoms with Gasteiger partial charge in [-0.25, -0.2) is 0 Å². The lowest BCUT2D eigenvalue weighted by Crippen LogP contribution is -2.43. The topological polar surface area (TPSA) is 78.4 Å². The van der Waals surface area contributed by atoms with E-state index in [9.17, 15) is 9.59 Å². The van der Waals surface area contributed by atoms with Crippen molar-refractivity contribution in [2.75, 3.05) is 11.9 Å². The molecular formula is C12H15ClN2O3. The van der Waals surface area contributed by atoms with E-state index in [1.165, 1.54) is 6.07 Å². The highest BCUT2D eigenvalue weighted by Gasteiger charge is 2.17. The second-order valence-corrected chi connectivity index (χ2v) is 4.16. The molecular weight excluding hydrogens is 256 g/mol. The standard InChI is InChI=1S/C12H15ClN2O3/c1-2-9(7-16)14-11(17)12(18)15-10-5-3-4-8(13)6-10/h3-6,9,16H,2,7H2,1H3,(H,14,17)(H,15,18). The molecule has 0 saturated heterocycles. The van der Waals surface area contributed by atoms with Crippen LogP contribution in [0.4, 0.5) is 5.69 Å². The fraction of sp³-hybridized carbons (Fsp3) is 0.333. The molecule has 0 spiro atoms. The van der Waals surface area contributed by atoms with Crippen molar-refractivity contribution in [2.24, 2.45) is 0 Å². The first-order valence-corrected chi connectivity index (χ1v) is 5.93. The highest BCUT2D eigenvalue weighted by atomic mass is 35.5. The summed E-state index contributed by atoms with van der Waals surface area (Å²) in [5.74, 6) is -1.57. The monoisotopic (exact) mass is 270 g/mol. The Morgan fingerprint density at radius 2 is 2.11 bits per heavy atom. The summed E-state index contributed by atoms with van der Waals surface area (Å²) in [7, 11) is 0. The van der Waals surface area contributed by atoms with Gasteiger partial charge in [0.15, 0.2) is 0 Å². The molecule has 0 aromatic heterocycles. The molecule has 0 saturated carbocycles. The smallest absolute Gasteiger partial charge is 0.313 e. The summed E-state index contributed by atoms with van der Waals surface area (Å²) in [4.78, 5) is 23.0. The minimum atomic E-state index is -0.788. The SMILES string of the molecule is CCC(CO)NC(=O)C(=O)Nc1cccc(Cl)c1.